The van der Waals surface area contributed by atoms with E-state index in [1.807, 2.05) is 7.05 Å². The molecule has 16 heavy (non-hydrogen) atoms. The Morgan fingerprint density at radius 1 is 1.25 bits per heavy atom. The molecule has 0 aliphatic heterocycles. The van der Waals surface area contributed by atoms with Crippen molar-refractivity contribution in [2.24, 2.45) is 22.2 Å². The van der Waals surface area contributed by atoms with Crippen molar-refractivity contribution in [3.05, 3.63) is 0 Å². The van der Waals surface area contributed by atoms with Gasteiger partial charge in [-0.15, -0.1) is 0 Å². The third kappa shape index (κ3) is 3.61. The Morgan fingerprint density at radius 3 is 2.31 bits per heavy atom. The molecule has 1 aliphatic rings. The van der Waals surface area contributed by atoms with E-state index in [0.29, 0.717) is 0 Å². The molecule has 1 fully saturated rings. The van der Waals surface area contributed by atoms with E-state index in [4.69, 9.17) is 0 Å². The van der Waals surface area contributed by atoms with E-state index in [9.17, 15) is 0 Å². The topological polar surface area (TPSA) is 12.4 Å². The number of aliphatic imine (C=N–C) groups is 1. The van der Waals surface area contributed by atoms with Gasteiger partial charge in [0.2, 0.25) is 0 Å². The van der Waals surface area contributed by atoms with Gasteiger partial charge in [0, 0.05) is 18.2 Å². The minimum atomic E-state index is 0.283. The van der Waals surface area contributed by atoms with E-state index < -0.39 is 0 Å². The van der Waals surface area contributed by atoms with Gasteiger partial charge in [-0.05, 0) is 25.2 Å². The summed E-state index contributed by atoms with van der Waals surface area (Å²) in [6, 6.07) is 0. The zero-order valence-electron chi connectivity index (χ0n) is 11.8. The molecule has 0 aromatic carbocycles. The molecule has 1 heteroatoms. The van der Waals surface area contributed by atoms with Crippen molar-refractivity contribution in [1.29, 1.82) is 0 Å². The molecule has 0 spiro atoms. The average molecular weight is 223 g/mol. The number of nitrogens with zero attached hydrogens (tertiary/aromatic N) is 1. The molecule has 0 aromatic rings. The second kappa shape index (κ2) is 5.84. The Hall–Kier alpha value is -0.330. The maximum atomic E-state index is 4.37. The molecule has 0 aromatic heterocycles. The maximum Gasteiger partial charge on any atom is 0.0276 e. The normalized spacial score (nSPS) is 22.2. The van der Waals surface area contributed by atoms with E-state index >= 15 is 0 Å². The van der Waals surface area contributed by atoms with Crippen molar-refractivity contribution in [2.45, 2.75) is 66.2 Å². The summed E-state index contributed by atoms with van der Waals surface area (Å²) in [4.78, 5) is 4.37. The Morgan fingerprint density at radius 2 is 1.81 bits per heavy atom. The lowest BCUT2D eigenvalue weighted by molar-refractivity contribution is 0.217. The fraction of sp³-hybridized carbons (Fsp3) is 0.933. The van der Waals surface area contributed by atoms with Crippen LogP contribution in [0, 0.1) is 17.3 Å². The summed E-state index contributed by atoms with van der Waals surface area (Å²) >= 11 is 0. The minimum absolute atomic E-state index is 0.283. The monoisotopic (exact) mass is 223 g/mol. The largest absolute Gasteiger partial charge is 0.297 e. The van der Waals surface area contributed by atoms with Crippen LogP contribution in [0.25, 0.3) is 0 Å². The summed E-state index contributed by atoms with van der Waals surface area (Å²) < 4.78 is 0. The quantitative estimate of drug-likeness (QED) is 0.612. The van der Waals surface area contributed by atoms with Crippen molar-refractivity contribution in [3.8, 4) is 0 Å². The Balaban J connectivity index is 2.52. The standard InChI is InChI=1S/C15H29N/c1-12(14-9-7-6-8-10-14)11-15(3,4)13(2)16-5/h12,14H,6-11H2,1-5H3. The molecular weight excluding hydrogens is 194 g/mol. The van der Waals surface area contributed by atoms with E-state index in [2.05, 4.69) is 32.7 Å². The zero-order chi connectivity index (χ0) is 12.2. The molecule has 1 atom stereocenters. The molecule has 0 amide bonds. The molecule has 1 unspecified atom stereocenters. The lowest BCUT2D eigenvalue weighted by Gasteiger charge is -2.34. The first-order valence-corrected chi connectivity index (χ1v) is 6.91. The number of hydrogen-bond acceptors (Lipinski definition) is 1. The second-order valence-electron chi connectivity index (χ2n) is 6.27. The third-order valence-corrected chi connectivity index (χ3v) is 4.60. The van der Waals surface area contributed by atoms with Gasteiger partial charge in [-0.3, -0.25) is 4.99 Å². The molecular formula is C15H29N. The molecule has 1 aliphatic carbocycles. The highest BCUT2D eigenvalue weighted by Crippen LogP contribution is 2.37. The molecule has 94 valence electrons. The van der Waals surface area contributed by atoms with E-state index in [0.717, 1.165) is 11.8 Å². The van der Waals surface area contributed by atoms with Gasteiger partial charge in [0.05, 0.1) is 0 Å². The SMILES string of the molecule is CN=C(C)C(C)(C)CC(C)C1CCCCC1. The van der Waals surface area contributed by atoms with Crippen molar-refractivity contribution >= 4 is 5.71 Å². The molecule has 0 saturated heterocycles. The molecule has 0 radical (unpaired) electrons. The van der Waals surface area contributed by atoms with Crippen molar-refractivity contribution < 1.29 is 0 Å². The highest BCUT2D eigenvalue weighted by Gasteiger charge is 2.28. The average Bonchev–Trinajstić information content (AvgIpc) is 2.28. The van der Waals surface area contributed by atoms with Crippen LogP contribution in [0.3, 0.4) is 0 Å². The fourth-order valence-electron chi connectivity index (χ4n) is 3.13. The van der Waals surface area contributed by atoms with Gasteiger partial charge in [0.1, 0.15) is 0 Å². The minimum Gasteiger partial charge on any atom is -0.297 e. The lowest BCUT2D eigenvalue weighted by Crippen LogP contribution is -2.28. The summed E-state index contributed by atoms with van der Waals surface area (Å²) in [5.74, 6) is 1.82. The first-order valence-electron chi connectivity index (χ1n) is 6.91. The predicted octanol–water partition coefficient (Wildman–Crippen LogP) is 4.71. The first-order chi connectivity index (χ1) is 7.47. The van der Waals surface area contributed by atoms with E-state index in [1.165, 1.54) is 44.2 Å². The summed E-state index contributed by atoms with van der Waals surface area (Å²) in [6.45, 7) is 9.30. The van der Waals surface area contributed by atoms with E-state index in [1.54, 1.807) is 0 Å². The molecule has 1 rings (SSSR count). The summed E-state index contributed by atoms with van der Waals surface area (Å²) in [5, 5.41) is 0. The van der Waals surface area contributed by atoms with Crippen LogP contribution in [0.1, 0.15) is 66.2 Å². The third-order valence-electron chi connectivity index (χ3n) is 4.60. The fourth-order valence-corrected chi connectivity index (χ4v) is 3.13. The molecule has 1 saturated carbocycles. The second-order valence-corrected chi connectivity index (χ2v) is 6.27. The lowest BCUT2D eigenvalue weighted by atomic mass is 9.72. The van der Waals surface area contributed by atoms with Crippen LogP contribution in [0.15, 0.2) is 4.99 Å². The van der Waals surface area contributed by atoms with Crippen LogP contribution in [0.4, 0.5) is 0 Å². The number of rotatable bonds is 4. The van der Waals surface area contributed by atoms with Crippen molar-refractivity contribution in [1.82, 2.24) is 0 Å². The summed E-state index contributed by atoms with van der Waals surface area (Å²) in [5.41, 5.74) is 1.58. The summed E-state index contributed by atoms with van der Waals surface area (Å²) in [6.07, 6.45) is 8.58. The van der Waals surface area contributed by atoms with Gasteiger partial charge < -0.3 is 0 Å². The van der Waals surface area contributed by atoms with Gasteiger partial charge in [0.15, 0.2) is 0 Å². The van der Waals surface area contributed by atoms with Gasteiger partial charge >= 0.3 is 0 Å². The van der Waals surface area contributed by atoms with Crippen LogP contribution in [-0.2, 0) is 0 Å². The van der Waals surface area contributed by atoms with Crippen molar-refractivity contribution in [2.75, 3.05) is 7.05 Å². The predicted molar refractivity (Wildman–Crippen MR) is 73.2 cm³/mol. The van der Waals surface area contributed by atoms with Crippen LogP contribution in [0.5, 0.6) is 0 Å². The smallest absolute Gasteiger partial charge is 0.0276 e. The van der Waals surface area contributed by atoms with Crippen LogP contribution in [-0.4, -0.2) is 12.8 Å². The summed E-state index contributed by atoms with van der Waals surface area (Å²) in [7, 11) is 1.92. The Labute approximate surface area is 102 Å². The van der Waals surface area contributed by atoms with Crippen LogP contribution < -0.4 is 0 Å². The van der Waals surface area contributed by atoms with Crippen LogP contribution in [0.2, 0.25) is 0 Å². The highest BCUT2D eigenvalue weighted by atomic mass is 14.7. The van der Waals surface area contributed by atoms with E-state index in [-0.39, 0.29) is 5.41 Å². The molecule has 0 bridgehead atoms. The van der Waals surface area contributed by atoms with Crippen molar-refractivity contribution in [3.63, 3.8) is 0 Å². The zero-order valence-corrected chi connectivity index (χ0v) is 11.8. The highest BCUT2D eigenvalue weighted by molar-refractivity contribution is 5.87. The van der Waals surface area contributed by atoms with Gasteiger partial charge in [-0.1, -0.05) is 52.9 Å². The number of hydrogen-bond donors (Lipinski definition) is 0. The van der Waals surface area contributed by atoms with Gasteiger partial charge in [-0.25, -0.2) is 0 Å². The molecule has 0 N–H and O–H groups in total. The van der Waals surface area contributed by atoms with Gasteiger partial charge in [-0.2, -0.15) is 0 Å². The van der Waals surface area contributed by atoms with Crippen LogP contribution >= 0.6 is 0 Å². The molecule has 0 heterocycles. The molecule has 1 nitrogen and oxygen atoms in total. The Kier molecular flexibility index (Phi) is 5.01. The Bertz CT molecular complexity index is 234. The van der Waals surface area contributed by atoms with Gasteiger partial charge in [0.25, 0.3) is 0 Å². The maximum absolute atomic E-state index is 4.37. The first kappa shape index (κ1) is 13.7.